The predicted molar refractivity (Wildman–Crippen MR) is 67.7 cm³/mol. The van der Waals surface area contributed by atoms with Crippen LogP contribution < -0.4 is 5.43 Å². The number of pyridine rings is 1. The molecule has 0 spiro atoms. The van der Waals surface area contributed by atoms with E-state index in [0.717, 1.165) is 12.3 Å². The third kappa shape index (κ3) is 3.77. The van der Waals surface area contributed by atoms with Crippen LogP contribution in [0, 0.1) is 10.1 Å². The standard InChI is InChI=1S/C12H14N2O5/c1-3-9(12(16)19-2)4-6-13-7-5-11(15)10(8-13)14(17)18/h4-5,7-8H,3,6H2,1-2H3/b9-4-. The van der Waals surface area contributed by atoms with Gasteiger partial charge in [0.05, 0.1) is 18.2 Å². The van der Waals surface area contributed by atoms with Crippen molar-refractivity contribution in [2.75, 3.05) is 7.11 Å². The Labute approximate surface area is 109 Å². The topological polar surface area (TPSA) is 91.4 Å². The van der Waals surface area contributed by atoms with E-state index < -0.39 is 22.0 Å². The van der Waals surface area contributed by atoms with Gasteiger partial charge in [0.15, 0.2) is 0 Å². The summed E-state index contributed by atoms with van der Waals surface area (Å²) >= 11 is 0. The van der Waals surface area contributed by atoms with E-state index in [-0.39, 0.29) is 6.54 Å². The summed E-state index contributed by atoms with van der Waals surface area (Å²) in [5.41, 5.74) is -0.662. The Morgan fingerprint density at radius 3 is 2.79 bits per heavy atom. The fraction of sp³-hybridized carbons (Fsp3) is 0.333. The highest BCUT2D eigenvalue weighted by atomic mass is 16.6. The molecule has 1 aromatic rings. The highest BCUT2D eigenvalue weighted by molar-refractivity contribution is 5.88. The molecule has 0 aliphatic carbocycles. The van der Waals surface area contributed by atoms with Gasteiger partial charge in [-0.25, -0.2) is 4.79 Å². The molecule has 1 rings (SSSR count). The van der Waals surface area contributed by atoms with Crippen LogP contribution in [0.2, 0.25) is 0 Å². The maximum Gasteiger partial charge on any atom is 0.333 e. The van der Waals surface area contributed by atoms with Crippen molar-refractivity contribution in [1.82, 2.24) is 4.57 Å². The van der Waals surface area contributed by atoms with E-state index >= 15 is 0 Å². The number of aromatic nitrogens is 1. The first-order valence-corrected chi connectivity index (χ1v) is 5.61. The number of hydrogen-bond acceptors (Lipinski definition) is 5. The van der Waals surface area contributed by atoms with E-state index in [0.29, 0.717) is 12.0 Å². The molecular weight excluding hydrogens is 252 g/mol. The first-order valence-electron chi connectivity index (χ1n) is 5.61. The molecule has 1 aromatic heterocycles. The van der Waals surface area contributed by atoms with Gasteiger partial charge < -0.3 is 9.30 Å². The number of esters is 1. The number of carbonyl (C=O) groups excluding carboxylic acids is 1. The lowest BCUT2D eigenvalue weighted by molar-refractivity contribution is -0.386. The zero-order chi connectivity index (χ0) is 14.4. The third-order valence-electron chi connectivity index (χ3n) is 2.53. The number of rotatable bonds is 5. The van der Waals surface area contributed by atoms with Crippen LogP contribution in [0.25, 0.3) is 0 Å². The molecule has 102 valence electrons. The zero-order valence-electron chi connectivity index (χ0n) is 10.7. The highest BCUT2D eigenvalue weighted by Gasteiger charge is 2.11. The molecule has 0 fully saturated rings. The SMILES string of the molecule is CC/C(=C/Cn1ccc(=O)c([N+](=O)[O-])c1)C(=O)OC. The number of nitro groups is 1. The average Bonchev–Trinajstić information content (AvgIpc) is 2.40. The molecule has 0 radical (unpaired) electrons. The summed E-state index contributed by atoms with van der Waals surface area (Å²) in [5, 5.41) is 10.6. The summed E-state index contributed by atoms with van der Waals surface area (Å²) in [6, 6.07) is 1.12. The summed E-state index contributed by atoms with van der Waals surface area (Å²) in [5.74, 6) is -0.432. The Balaban J connectivity index is 2.97. The van der Waals surface area contributed by atoms with Gasteiger partial charge in [0, 0.05) is 24.4 Å². The summed E-state index contributed by atoms with van der Waals surface area (Å²) in [7, 11) is 1.29. The molecule has 0 saturated heterocycles. The van der Waals surface area contributed by atoms with Gasteiger partial charge in [-0.15, -0.1) is 0 Å². The van der Waals surface area contributed by atoms with Crippen molar-refractivity contribution in [3.05, 3.63) is 50.4 Å². The Hall–Kier alpha value is -2.44. The summed E-state index contributed by atoms with van der Waals surface area (Å²) < 4.78 is 6.05. The van der Waals surface area contributed by atoms with E-state index in [1.54, 1.807) is 13.0 Å². The molecule has 1 heterocycles. The Bertz CT molecular complexity index is 574. The first kappa shape index (κ1) is 14.6. The van der Waals surface area contributed by atoms with Gasteiger partial charge in [0.1, 0.15) is 0 Å². The summed E-state index contributed by atoms with van der Waals surface area (Å²) in [4.78, 5) is 32.4. The monoisotopic (exact) mass is 266 g/mol. The minimum atomic E-state index is -0.733. The van der Waals surface area contributed by atoms with Gasteiger partial charge in [-0.1, -0.05) is 13.0 Å². The molecule has 0 aromatic carbocycles. The molecule has 7 heteroatoms. The van der Waals surface area contributed by atoms with E-state index in [1.165, 1.54) is 17.9 Å². The number of allylic oxidation sites excluding steroid dienone is 1. The second-order valence-corrected chi connectivity index (χ2v) is 3.72. The molecule has 0 N–H and O–H groups in total. The number of methoxy groups -OCH3 is 1. The molecule has 7 nitrogen and oxygen atoms in total. The second kappa shape index (κ2) is 6.48. The van der Waals surface area contributed by atoms with Crippen molar-refractivity contribution in [2.24, 2.45) is 0 Å². The third-order valence-corrected chi connectivity index (χ3v) is 2.53. The fourth-order valence-corrected chi connectivity index (χ4v) is 1.48. The van der Waals surface area contributed by atoms with Gasteiger partial charge in [-0.05, 0) is 6.42 Å². The quantitative estimate of drug-likeness (QED) is 0.346. The van der Waals surface area contributed by atoms with Crippen LogP contribution >= 0.6 is 0 Å². The van der Waals surface area contributed by atoms with Crippen molar-refractivity contribution in [3.8, 4) is 0 Å². The van der Waals surface area contributed by atoms with Crippen molar-refractivity contribution in [2.45, 2.75) is 19.9 Å². The first-order chi connectivity index (χ1) is 8.99. The number of hydrogen-bond donors (Lipinski definition) is 0. The van der Waals surface area contributed by atoms with Crippen molar-refractivity contribution in [1.29, 1.82) is 0 Å². The highest BCUT2D eigenvalue weighted by Crippen LogP contribution is 2.06. The normalized spacial score (nSPS) is 11.2. The van der Waals surface area contributed by atoms with Crippen LogP contribution in [0.15, 0.2) is 34.9 Å². The molecule has 0 bridgehead atoms. The lowest BCUT2D eigenvalue weighted by Gasteiger charge is -2.05. The molecule has 0 aliphatic heterocycles. The largest absolute Gasteiger partial charge is 0.466 e. The van der Waals surface area contributed by atoms with Crippen LogP contribution in [-0.4, -0.2) is 22.6 Å². The summed E-state index contributed by atoms with van der Waals surface area (Å²) in [6.45, 7) is 2.05. The van der Waals surface area contributed by atoms with Crippen molar-refractivity contribution < 1.29 is 14.5 Å². The van der Waals surface area contributed by atoms with Crippen LogP contribution in [-0.2, 0) is 16.1 Å². The minimum absolute atomic E-state index is 0.249. The Morgan fingerprint density at radius 2 is 2.26 bits per heavy atom. The van der Waals surface area contributed by atoms with Gasteiger partial charge in [0.25, 0.3) is 5.43 Å². The zero-order valence-corrected chi connectivity index (χ0v) is 10.7. The second-order valence-electron chi connectivity index (χ2n) is 3.72. The molecule has 0 unspecified atom stereocenters. The average molecular weight is 266 g/mol. The number of ether oxygens (including phenoxy) is 1. The van der Waals surface area contributed by atoms with E-state index in [4.69, 9.17) is 0 Å². The van der Waals surface area contributed by atoms with Crippen LogP contribution in [0.4, 0.5) is 5.69 Å². The molecule has 19 heavy (non-hydrogen) atoms. The molecule has 0 saturated carbocycles. The van der Waals surface area contributed by atoms with Gasteiger partial charge >= 0.3 is 11.7 Å². The number of nitrogens with zero attached hydrogens (tertiary/aromatic N) is 2. The Kier molecular flexibility index (Phi) is 4.99. The van der Waals surface area contributed by atoms with Crippen LogP contribution in [0.3, 0.4) is 0 Å². The van der Waals surface area contributed by atoms with Crippen molar-refractivity contribution in [3.63, 3.8) is 0 Å². The maximum absolute atomic E-state index is 11.3. The molecular formula is C12H14N2O5. The lowest BCUT2D eigenvalue weighted by Crippen LogP contribution is -2.11. The minimum Gasteiger partial charge on any atom is -0.466 e. The predicted octanol–water partition coefficient (Wildman–Crippen LogP) is 1.27. The van der Waals surface area contributed by atoms with E-state index in [2.05, 4.69) is 4.74 Å². The van der Waals surface area contributed by atoms with Gasteiger partial charge in [0.2, 0.25) is 0 Å². The summed E-state index contributed by atoms with van der Waals surface area (Å²) in [6.07, 6.45) is 4.68. The molecule has 0 amide bonds. The van der Waals surface area contributed by atoms with Crippen LogP contribution in [0.5, 0.6) is 0 Å². The lowest BCUT2D eigenvalue weighted by atomic mass is 10.2. The van der Waals surface area contributed by atoms with Crippen molar-refractivity contribution >= 4 is 11.7 Å². The molecule has 0 aliphatic rings. The Morgan fingerprint density at radius 1 is 1.58 bits per heavy atom. The van der Waals surface area contributed by atoms with Gasteiger partial charge in [-0.3, -0.25) is 14.9 Å². The number of carbonyl (C=O) groups is 1. The maximum atomic E-state index is 11.3. The fourth-order valence-electron chi connectivity index (χ4n) is 1.48. The van der Waals surface area contributed by atoms with Gasteiger partial charge in [-0.2, -0.15) is 0 Å². The van der Waals surface area contributed by atoms with E-state index in [1.807, 2.05) is 0 Å². The molecule has 0 atom stereocenters. The van der Waals surface area contributed by atoms with E-state index in [9.17, 15) is 19.7 Å². The smallest absolute Gasteiger partial charge is 0.333 e. The van der Waals surface area contributed by atoms with Crippen LogP contribution in [0.1, 0.15) is 13.3 Å².